The highest BCUT2D eigenvalue weighted by Crippen LogP contribution is 2.39. The van der Waals surface area contributed by atoms with Crippen LogP contribution in [0.3, 0.4) is 0 Å². The molecule has 1 aliphatic heterocycles. The normalized spacial score (nSPS) is 12.9. The van der Waals surface area contributed by atoms with Gasteiger partial charge in [0.1, 0.15) is 24.7 Å². The molecule has 0 spiro atoms. The van der Waals surface area contributed by atoms with E-state index in [4.69, 9.17) is 15.2 Å². The first kappa shape index (κ1) is 16.3. The van der Waals surface area contributed by atoms with E-state index in [1.165, 1.54) is 5.56 Å². The molecule has 1 aromatic heterocycles. The average Bonchev–Trinajstić information content (AvgIpc) is 2.61. The van der Waals surface area contributed by atoms with E-state index in [2.05, 4.69) is 11.9 Å². The second-order valence-corrected chi connectivity index (χ2v) is 4.96. The van der Waals surface area contributed by atoms with Gasteiger partial charge in [-0.3, -0.25) is 4.98 Å². The Hall–Kier alpha value is -2.07. The number of pyridine rings is 1. The molecule has 1 atom stereocenters. The number of hydrogen-bond acceptors (Lipinski definition) is 4. The fourth-order valence-corrected chi connectivity index (χ4v) is 2.22. The second-order valence-electron chi connectivity index (χ2n) is 4.96. The monoisotopic (exact) mass is 300 g/mol. The molecule has 1 aliphatic rings. The van der Waals surface area contributed by atoms with Crippen molar-refractivity contribution < 1.29 is 9.47 Å². The smallest absolute Gasteiger partial charge is 0.131 e. The molecule has 2 aromatic rings. The lowest BCUT2D eigenvalue weighted by atomic mass is 9.99. The van der Waals surface area contributed by atoms with Crippen LogP contribution >= 0.6 is 0 Å². The molecule has 0 saturated carbocycles. The van der Waals surface area contributed by atoms with E-state index in [1.54, 1.807) is 6.20 Å². The minimum Gasteiger partial charge on any atom is -0.492 e. The summed E-state index contributed by atoms with van der Waals surface area (Å²) < 4.78 is 11.5. The van der Waals surface area contributed by atoms with Crippen molar-refractivity contribution in [1.82, 2.24) is 4.98 Å². The molecule has 4 heteroatoms. The summed E-state index contributed by atoms with van der Waals surface area (Å²) in [6, 6.07) is 8.00. The van der Waals surface area contributed by atoms with Crippen LogP contribution in [0.4, 0.5) is 0 Å². The Morgan fingerprint density at radius 3 is 2.86 bits per heavy atom. The predicted octanol–water partition coefficient (Wildman–Crippen LogP) is 3.78. The fourth-order valence-electron chi connectivity index (χ4n) is 2.22. The van der Waals surface area contributed by atoms with Gasteiger partial charge in [0.05, 0.1) is 0 Å². The summed E-state index contributed by atoms with van der Waals surface area (Å²) in [5.74, 6) is 1.65. The number of fused-ring (bicyclic) bond motifs is 3. The van der Waals surface area contributed by atoms with Gasteiger partial charge in [-0.25, -0.2) is 0 Å². The zero-order valence-electron chi connectivity index (χ0n) is 13.5. The van der Waals surface area contributed by atoms with E-state index in [1.807, 2.05) is 44.3 Å². The Morgan fingerprint density at radius 1 is 1.27 bits per heavy atom. The van der Waals surface area contributed by atoms with Crippen LogP contribution in [0, 0.1) is 0 Å². The molecule has 0 bridgehead atoms. The second kappa shape index (κ2) is 7.80. The molecular weight excluding hydrogens is 276 g/mol. The van der Waals surface area contributed by atoms with E-state index in [0.29, 0.717) is 13.2 Å². The van der Waals surface area contributed by atoms with Gasteiger partial charge in [-0.1, -0.05) is 20.8 Å². The van der Waals surface area contributed by atoms with Crippen LogP contribution in [0.5, 0.6) is 11.5 Å². The highest BCUT2D eigenvalue weighted by atomic mass is 16.5. The van der Waals surface area contributed by atoms with Crippen LogP contribution < -0.4 is 15.2 Å². The zero-order valence-corrected chi connectivity index (χ0v) is 13.5. The number of benzene rings is 1. The lowest BCUT2D eigenvalue weighted by Crippen LogP contribution is -2.26. The molecule has 2 heterocycles. The van der Waals surface area contributed by atoms with Crippen LogP contribution in [-0.2, 0) is 6.61 Å². The van der Waals surface area contributed by atoms with Crippen LogP contribution in [0.2, 0.25) is 0 Å². The van der Waals surface area contributed by atoms with Gasteiger partial charge in [0.15, 0.2) is 0 Å². The van der Waals surface area contributed by atoms with Crippen molar-refractivity contribution >= 4 is 0 Å². The van der Waals surface area contributed by atoms with E-state index in [9.17, 15) is 0 Å². The van der Waals surface area contributed by atoms with Crippen molar-refractivity contribution in [2.75, 3.05) is 6.61 Å². The maximum Gasteiger partial charge on any atom is 0.131 e. The van der Waals surface area contributed by atoms with Crippen molar-refractivity contribution in [3.8, 4) is 22.6 Å². The molecule has 0 fully saturated rings. The molecule has 118 valence electrons. The zero-order chi connectivity index (χ0) is 15.9. The maximum absolute atomic E-state index is 5.86. The standard InChI is InChI=1S/C16H18N2O2.C2H6/c1-2-12(17)10-19-13-3-4-15-14-5-6-18-8-11(14)9-20-16(15)7-13;1-2/h3-8,12H,2,9-10,17H2,1H3;1-2H3. The maximum atomic E-state index is 5.86. The van der Waals surface area contributed by atoms with E-state index in [-0.39, 0.29) is 6.04 Å². The van der Waals surface area contributed by atoms with Gasteiger partial charge in [0.25, 0.3) is 0 Å². The Balaban J connectivity index is 0.000000847. The molecule has 0 aliphatic carbocycles. The Labute approximate surface area is 132 Å². The summed E-state index contributed by atoms with van der Waals surface area (Å²) in [7, 11) is 0. The third kappa shape index (κ3) is 3.57. The first-order valence-corrected chi connectivity index (χ1v) is 7.86. The number of nitrogens with zero attached hydrogens (tertiary/aromatic N) is 1. The molecular formula is C18H24N2O2. The van der Waals surface area contributed by atoms with Crippen LogP contribution in [0.15, 0.2) is 36.7 Å². The average molecular weight is 300 g/mol. The number of rotatable bonds is 4. The van der Waals surface area contributed by atoms with Gasteiger partial charge in [0.2, 0.25) is 0 Å². The molecule has 0 saturated heterocycles. The van der Waals surface area contributed by atoms with Crippen LogP contribution in [0.25, 0.3) is 11.1 Å². The molecule has 2 N–H and O–H groups in total. The van der Waals surface area contributed by atoms with Crippen molar-refractivity contribution in [2.45, 2.75) is 39.8 Å². The van der Waals surface area contributed by atoms with Crippen molar-refractivity contribution in [1.29, 1.82) is 0 Å². The summed E-state index contributed by atoms with van der Waals surface area (Å²) in [5.41, 5.74) is 9.23. The van der Waals surface area contributed by atoms with Gasteiger partial charge in [-0.2, -0.15) is 0 Å². The number of nitrogens with two attached hydrogens (primary N) is 1. The number of ether oxygens (including phenoxy) is 2. The molecule has 1 aromatic carbocycles. The summed E-state index contributed by atoms with van der Waals surface area (Å²) in [6.07, 6.45) is 4.56. The Bertz CT molecular complexity index is 614. The first-order valence-electron chi connectivity index (χ1n) is 7.86. The summed E-state index contributed by atoms with van der Waals surface area (Å²) >= 11 is 0. The minimum absolute atomic E-state index is 0.0683. The lowest BCUT2D eigenvalue weighted by molar-refractivity contribution is 0.276. The first-order chi connectivity index (χ1) is 10.8. The Morgan fingerprint density at radius 2 is 2.09 bits per heavy atom. The highest BCUT2D eigenvalue weighted by molar-refractivity contribution is 5.75. The van der Waals surface area contributed by atoms with Crippen molar-refractivity contribution in [2.24, 2.45) is 5.73 Å². The summed E-state index contributed by atoms with van der Waals surface area (Å²) in [5, 5.41) is 0. The van der Waals surface area contributed by atoms with Crippen LogP contribution in [0.1, 0.15) is 32.8 Å². The summed E-state index contributed by atoms with van der Waals surface area (Å²) in [6.45, 7) is 7.12. The molecule has 4 nitrogen and oxygen atoms in total. The predicted molar refractivity (Wildman–Crippen MR) is 89.1 cm³/mol. The third-order valence-electron chi connectivity index (χ3n) is 3.52. The molecule has 22 heavy (non-hydrogen) atoms. The molecule has 0 radical (unpaired) electrons. The number of hydrogen-bond donors (Lipinski definition) is 1. The SMILES string of the molecule is CC.CCC(N)COc1ccc2c(c1)OCc1cnccc1-2. The highest BCUT2D eigenvalue weighted by Gasteiger charge is 2.17. The molecule has 1 unspecified atom stereocenters. The van der Waals surface area contributed by atoms with E-state index >= 15 is 0 Å². The Kier molecular flexibility index (Phi) is 5.78. The molecule has 0 amide bonds. The van der Waals surface area contributed by atoms with E-state index < -0.39 is 0 Å². The van der Waals surface area contributed by atoms with E-state index in [0.717, 1.165) is 29.0 Å². The van der Waals surface area contributed by atoms with Gasteiger partial charge in [-0.15, -0.1) is 0 Å². The quantitative estimate of drug-likeness (QED) is 0.933. The summed E-state index contributed by atoms with van der Waals surface area (Å²) in [4.78, 5) is 4.13. The van der Waals surface area contributed by atoms with Crippen LogP contribution in [-0.4, -0.2) is 17.6 Å². The lowest BCUT2D eigenvalue weighted by Gasteiger charge is -2.21. The fraction of sp³-hybridized carbons (Fsp3) is 0.389. The van der Waals surface area contributed by atoms with Gasteiger partial charge in [-0.05, 0) is 30.2 Å². The largest absolute Gasteiger partial charge is 0.492 e. The minimum atomic E-state index is 0.0683. The van der Waals surface area contributed by atoms with Gasteiger partial charge < -0.3 is 15.2 Å². The topological polar surface area (TPSA) is 57.4 Å². The van der Waals surface area contributed by atoms with Gasteiger partial charge in [0, 0.05) is 35.6 Å². The molecule has 3 rings (SSSR count). The van der Waals surface area contributed by atoms with Crippen molar-refractivity contribution in [3.63, 3.8) is 0 Å². The van der Waals surface area contributed by atoms with Crippen molar-refractivity contribution in [3.05, 3.63) is 42.2 Å². The van der Waals surface area contributed by atoms with Gasteiger partial charge >= 0.3 is 0 Å². The third-order valence-corrected chi connectivity index (χ3v) is 3.52. The number of aromatic nitrogens is 1.